The molecule has 2 aliphatic rings. The number of nitrogens with zero attached hydrogens (tertiary/aromatic N) is 2. The number of amides is 2. The van der Waals surface area contributed by atoms with Crippen molar-refractivity contribution in [3.63, 3.8) is 0 Å². The van der Waals surface area contributed by atoms with Gasteiger partial charge in [-0.15, -0.1) is 0 Å². The maximum atomic E-state index is 13.1. The molecule has 4 rings (SSSR count). The monoisotopic (exact) mass is 407 g/mol. The Morgan fingerprint density at radius 2 is 1.80 bits per heavy atom. The zero-order chi connectivity index (χ0) is 21.1. The summed E-state index contributed by atoms with van der Waals surface area (Å²) in [6.07, 6.45) is 1.71. The van der Waals surface area contributed by atoms with Gasteiger partial charge in [-0.25, -0.2) is 0 Å². The van der Waals surface area contributed by atoms with Crippen LogP contribution in [0.25, 0.3) is 0 Å². The van der Waals surface area contributed by atoms with Crippen LogP contribution >= 0.6 is 0 Å². The van der Waals surface area contributed by atoms with E-state index in [9.17, 15) is 9.59 Å². The Hall–Kier alpha value is -2.86. The second-order valence-corrected chi connectivity index (χ2v) is 8.35. The molecule has 158 valence electrons. The van der Waals surface area contributed by atoms with E-state index < -0.39 is 0 Å². The molecule has 1 fully saturated rings. The molecule has 1 aliphatic carbocycles. The first-order valence-electron chi connectivity index (χ1n) is 10.5. The number of fused-ring (bicyclic) bond motifs is 1. The van der Waals surface area contributed by atoms with E-state index in [0.717, 1.165) is 18.5 Å². The van der Waals surface area contributed by atoms with Crippen LogP contribution in [0.4, 0.5) is 5.69 Å². The molecule has 30 heavy (non-hydrogen) atoms. The Kier molecular flexibility index (Phi) is 6.04. The molecular weight excluding hydrogens is 378 g/mol. The molecule has 6 nitrogen and oxygen atoms in total. The van der Waals surface area contributed by atoms with Crippen LogP contribution < -0.4 is 10.2 Å². The van der Waals surface area contributed by atoms with E-state index in [1.165, 1.54) is 11.1 Å². The third-order valence-electron chi connectivity index (χ3n) is 5.93. The summed E-state index contributed by atoms with van der Waals surface area (Å²) >= 11 is 0. The maximum absolute atomic E-state index is 13.1. The van der Waals surface area contributed by atoms with Gasteiger partial charge >= 0.3 is 0 Å². The largest absolute Gasteiger partial charge is 0.379 e. The van der Waals surface area contributed by atoms with E-state index in [4.69, 9.17) is 4.74 Å². The van der Waals surface area contributed by atoms with Crippen molar-refractivity contribution in [2.45, 2.75) is 18.9 Å². The average Bonchev–Trinajstić information content (AvgIpc) is 2.99. The summed E-state index contributed by atoms with van der Waals surface area (Å²) in [5.41, 5.74) is 4.21. The number of anilines is 1. The van der Waals surface area contributed by atoms with Crippen molar-refractivity contribution < 1.29 is 14.3 Å². The Labute approximate surface area is 177 Å². The van der Waals surface area contributed by atoms with Crippen LogP contribution in [-0.4, -0.2) is 63.2 Å². The van der Waals surface area contributed by atoms with Crippen LogP contribution in [0.15, 0.2) is 48.5 Å². The summed E-state index contributed by atoms with van der Waals surface area (Å²) in [7, 11) is 3.90. The number of rotatable bonds is 4. The standard InChI is InChI=1S/C24H29N3O3/c1-26(2)22-9-5-8-19(14-22)24(29)27-10-11-30-16-20(15-27)23(28)25-21-12-17-6-3-4-7-18(17)13-21/h3-9,14,20-21H,10-13,15-16H2,1-2H3,(H,25,28). The molecule has 1 unspecified atom stereocenters. The second kappa shape index (κ2) is 8.88. The molecule has 0 aromatic heterocycles. The van der Waals surface area contributed by atoms with Gasteiger partial charge in [-0.3, -0.25) is 9.59 Å². The van der Waals surface area contributed by atoms with Crippen LogP contribution in [0.1, 0.15) is 21.5 Å². The lowest BCUT2D eigenvalue weighted by atomic mass is 10.1. The summed E-state index contributed by atoms with van der Waals surface area (Å²) in [6, 6.07) is 16.0. The molecule has 2 aromatic rings. The van der Waals surface area contributed by atoms with Crippen LogP contribution in [-0.2, 0) is 22.4 Å². The molecule has 1 heterocycles. The highest BCUT2D eigenvalue weighted by molar-refractivity contribution is 5.95. The smallest absolute Gasteiger partial charge is 0.254 e. The van der Waals surface area contributed by atoms with E-state index in [1.54, 1.807) is 4.90 Å². The van der Waals surface area contributed by atoms with E-state index in [0.29, 0.717) is 31.9 Å². The highest BCUT2D eigenvalue weighted by Crippen LogP contribution is 2.22. The molecule has 6 heteroatoms. The van der Waals surface area contributed by atoms with Crippen molar-refractivity contribution in [2.24, 2.45) is 5.92 Å². The minimum absolute atomic E-state index is 0.0328. The lowest BCUT2D eigenvalue weighted by molar-refractivity contribution is -0.127. The molecule has 1 saturated heterocycles. The highest BCUT2D eigenvalue weighted by atomic mass is 16.5. The first-order chi connectivity index (χ1) is 14.5. The summed E-state index contributed by atoms with van der Waals surface area (Å²) in [5.74, 6) is -0.456. The van der Waals surface area contributed by atoms with E-state index in [2.05, 4.69) is 17.4 Å². The van der Waals surface area contributed by atoms with Gasteiger partial charge in [0.2, 0.25) is 5.91 Å². The predicted molar refractivity (Wildman–Crippen MR) is 117 cm³/mol. The molecule has 0 radical (unpaired) electrons. The Morgan fingerprint density at radius 1 is 1.07 bits per heavy atom. The quantitative estimate of drug-likeness (QED) is 0.844. The molecule has 0 saturated carbocycles. The molecular formula is C24H29N3O3. The topological polar surface area (TPSA) is 61.9 Å². The van der Waals surface area contributed by atoms with Gasteiger partial charge in [0.15, 0.2) is 0 Å². The lowest BCUT2D eigenvalue weighted by Gasteiger charge is -2.25. The fourth-order valence-corrected chi connectivity index (χ4v) is 4.23. The fourth-order valence-electron chi connectivity index (χ4n) is 4.23. The number of carbonyl (C=O) groups excluding carboxylic acids is 2. The maximum Gasteiger partial charge on any atom is 0.254 e. The normalized spacial score (nSPS) is 19.1. The van der Waals surface area contributed by atoms with Crippen molar-refractivity contribution in [1.82, 2.24) is 10.2 Å². The Balaban J connectivity index is 1.41. The molecule has 1 N–H and O–H groups in total. The minimum atomic E-state index is -0.364. The number of ether oxygens (including phenoxy) is 1. The van der Waals surface area contributed by atoms with Gasteiger partial charge in [0.25, 0.3) is 5.91 Å². The van der Waals surface area contributed by atoms with E-state index in [-0.39, 0.29) is 23.8 Å². The van der Waals surface area contributed by atoms with Crippen LogP contribution in [0.5, 0.6) is 0 Å². The molecule has 1 aliphatic heterocycles. The van der Waals surface area contributed by atoms with E-state index in [1.807, 2.05) is 55.4 Å². The molecule has 0 bridgehead atoms. The first-order valence-corrected chi connectivity index (χ1v) is 10.5. The minimum Gasteiger partial charge on any atom is -0.379 e. The van der Waals surface area contributed by atoms with Crippen molar-refractivity contribution in [3.05, 3.63) is 65.2 Å². The SMILES string of the molecule is CN(C)c1cccc(C(=O)N2CCOCC(C(=O)NC3Cc4ccccc4C3)C2)c1. The third kappa shape index (κ3) is 4.49. The number of benzene rings is 2. The fraction of sp³-hybridized carbons (Fsp3) is 0.417. The molecule has 2 aromatic carbocycles. The molecule has 2 amide bonds. The van der Waals surface area contributed by atoms with Gasteiger partial charge in [0.05, 0.1) is 19.1 Å². The zero-order valence-corrected chi connectivity index (χ0v) is 17.6. The van der Waals surface area contributed by atoms with Gasteiger partial charge < -0.3 is 19.9 Å². The Morgan fingerprint density at radius 3 is 2.50 bits per heavy atom. The first kappa shape index (κ1) is 20.4. The van der Waals surface area contributed by atoms with Gasteiger partial charge in [-0.2, -0.15) is 0 Å². The number of hydrogen-bond acceptors (Lipinski definition) is 4. The van der Waals surface area contributed by atoms with E-state index >= 15 is 0 Å². The summed E-state index contributed by atoms with van der Waals surface area (Å²) < 4.78 is 5.67. The van der Waals surface area contributed by atoms with Crippen LogP contribution in [0.3, 0.4) is 0 Å². The van der Waals surface area contributed by atoms with Gasteiger partial charge in [0.1, 0.15) is 0 Å². The van der Waals surface area contributed by atoms with Gasteiger partial charge in [-0.1, -0.05) is 30.3 Å². The number of nitrogens with one attached hydrogen (secondary N) is 1. The van der Waals surface area contributed by atoms with Gasteiger partial charge in [-0.05, 0) is 42.2 Å². The highest BCUT2D eigenvalue weighted by Gasteiger charge is 2.30. The molecule has 0 spiro atoms. The predicted octanol–water partition coefficient (Wildman–Crippen LogP) is 2.12. The number of carbonyl (C=O) groups is 2. The van der Waals surface area contributed by atoms with Crippen LogP contribution in [0.2, 0.25) is 0 Å². The molecule has 1 atom stereocenters. The van der Waals surface area contributed by atoms with Crippen molar-refractivity contribution in [3.8, 4) is 0 Å². The lowest BCUT2D eigenvalue weighted by Crippen LogP contribution is -2.45. The van der Waals surface area contributed by atoms with Crippen molar-refractivity contribution in [1.29, 1.82) is 0 Å². The average molecular weight is 408 g/mol. The summed E-state index contributed by atoms with van der Waals surface area (Å²) in [4.78, 5) is 29.8. The summed E-state index contributed by atoms with van der Waals surface area (Å²) in [6.45, 7) is 1.64. The Bertz CT molecular complexity index is 902. The third-order valence-corrected chi connectivity index (χ3v) is 5.93. The number of hydrogen-bond donors (Lipinski definition) is 1. The van der Waals surface area contributed by atoms with Crippen LogP contribution in [0, 0.1) is 5.92 Å². The second-order valence-electron chi connectivity index (χ2n) is 8.35. The summed E-state index contributed by atoms with van der Waals surface area (Å²) in [5, 5.41) is 3.18. The van der Waals surface area contributed by atoms with Crippen molar-refractivity contribution >= 4 is 17.5 Å². The zero-order valence-electron chi connectivity index (χ0n) is 17.6. The van der Waals surface area contributed by atoms with Gasteiger partial charge in [0, 0.05) is 44.5 Å². The van der Waals surface area contributed by atoms with Crippen molar-refractivity contribution in [2.75, 3.05) is 45.3 Å².